The molecule has 0 aliphatic carbocycles. The first-order chi connectivity index (χ1) is 16.6. The summed E-state index contributed by atoms with van der Waals surface area (Å²) in [5.41, 5.74) is 5.31. The molecule has 0 saturated heterocycles. The van der Waals surface area contributed by atoms with Gasteiger partial charge in [0.25, 0.3) is 0 Å². The third-order valence-corrected chi connectivity index (χ3v) is 7.02. The molecule has 8 heteroatoms. The summed E-state index contributed by atoms with van der Waals surface area (Å²) in [6.45, 7) is 1.79. The van der Waals surface area contributed by atoms with Gasteiger partial charge >= 0.3 is 0 Å². The second-order valence-electron chi connectivity index (χ2n) is 7.90. The van der Waals surface area contributed by atoms with Crippen LogP contribution in [0, 0.1) is 6.92 Å². The Kier molecular flexibility index (Phi) is 6.41. The van der Waals surface area contributed by atoms with Gasteiger partial charge in [-0.3, -0.25) is 4.98 Å². The molecule has 172 valence electrons. The Morgan fingerprint density at radius 1 is 1.12 bits per heavy atom. The van der Waals surface area contributed by atoms with E-state index in [0.29, 0.717) is 34.7 Å². The fourth-order valence-corrected chi connectivity index (χ4v) is 4.94. The van der Waals surface area contributed by atoms with Gasteiger partial charge in [-0.1, -0.05) is 35.9 Å². The van der Waals surface area contributed by atoms with Crippen molar-refractivity contribution in [3.63, 3.8) is 0 Å². The van der Waals surface area contributed by atoms with Crippen molar-refractivity contribution in [2.75, 3.05) is 7.11 Å². The zero-order valence-electron chi connectivity index (χ0n) is 18.7. The van der Waals surface area contributed by atoms with Crippen molar-refractivity contribution in [2.24, 2.45) is 0 Å². The molecule has 2 aromatic carbocycles. The Bertz CT molecular complexity index is 1360. The zero-order valence-corrected chi connectivity index (χ0v) is 20.3. The lowest BCUT2D eigenvalue weighted by molar-refractivity contribution is 0.278. The molecule has 6 nitrogen and oxygen atoms in total. The summed E-state index contributed by atoms with van der Waals surface area (Å²) >= 11 is 7.67. The fraction of sp³-hybridized carbons (Fsp3) is 0.192. The van der Waals surface area contributed by atoms with E-state index in [0.717, 1.165) is 44.3 Å². The average molecular weight is 492 g/mol. The summed E-state index contributed by atoms with van der Waals surface area (Å²) in [5.74, 6) is 3.17. The molecule has 0 fully saturated rings. The number of aryl methyl sites for hydroxylation is 1. The number of fused-ring (bicyclic) bond motifs is 2. The Hall–Kier alpha value is -3.13. The van der Waals surface area contributed by atoms with Gasteiger partial charge in [0.1, 0.15) is 10.8 Å². The molecule has 0 unspecified atom stereocenters. The molecule has 1 aliphatic heterocycles. The number of hydrogen-bond donors (Lipinski definition) is 1. The molecular weight excluding hydrogens is 470 g/mol. The first kappa shape index (κ1) is 22.7. The molecule has 0 amide bonds. The molecule has 34 heavy (non-hydrogen) atoms. The Balaban J connectivity index is 1.59. The highest BCUT2D eigenvalue weighted by Crippen LogP contribution is 2.43. The lowest BCUT2D eigenvalue weighted by atomic mass is 9.99. The van der Waals surface area contributed by atoms with Crippen molar-refractivity contribution in [3.05, 3.63) is 87.7 Å². The minimum absolute atomic E-state index is 0.107. The van der Waals surface area contributed by atoms with E-state index < -0.39 is 0 Å². The monoisotopic (exact) mass is 491 g/mol. The van der Waals surface area contributed by atoms with E-state index >= 15 is 0 Å². The van der Waals surface area contributed by atoms with Crippen LogP contribution in [0.2, 0.25) is 5.02 Å². The lowest BCUT2D eigenvalue weighted by Gasteiger charge is -2.24. The van der Waals surface area contributed by atoms with Gasteiger partial charge in [-0.15, -0.1) is 11.8 Å². The second-order valence-corrected chi connectivity index (χ2v) is 9.30. The highest BCUT2D eigenvalue weighted by Gasteiger charge is 2.27. The van der Waals surface area contributed by atoms with E-state index in [1.54, 1.807) is 25.1 Å². The summed E-state index contributed by atoms with van der Waals surface area (Å²) in [6.07, 6.45) is 2.26. The van der Waals surface area contributed by atoms with Crippen LogP contribution in [0.15, 0.2) is 59.8 Å². The molecule has 1 aliphatic rings. The average Bonchev–Trinajstić information content (AvgIpc) is 2.87. The molecule has 0 bridgehead atoms. The minimum Gasteiger partial charge on any atom is -0.497 e. The molecule has 3 heterocycles. The molecule has 4 aromatic rings. The molecule has 1 N–H and O–H groups in total. The summed E-state index contributed by atoms with van der Waals surface area (Å²) in [5, 5.41) is 11.4. The maximum atomic E-state index is 9.86. The topological polar surface area (TPSA) is 77.4 Å². The van der Waals surface area contributed by atoms with E-state index in [-0.39, 0.29) is 6.61 Å². The summed E-state index contributed by atoms with van der Waals surface area (Å²) in [7, 11) is 1.63. The van der Waals surface area contributed by atoms with Gasteiger partial charge in [0.05, 0.1) is 25.0 Å². The van der Waals surface area contributed by atoms with Gasteiger partial charge in [0.15, 0.2) is 11.6 Å². The highest BCUT2D eigenvalue weighted by molar-refractivity contribution is 7.98. The number of ether oxygens (including phenoxy) is 2. The van der Waals surface area contributed by atoms with Crippen molar-refractivity contribution < 1.29 is 14.6 Å². The van der Waals surface area contributed by atoms with Crippen molar-refractivity contribution in [1.29, 1.82) is 0 Å². The van der Waals surface area contributed by atoms with Gasteiger partial charge < -0.3 is 14.6 Å². The van der Waals surface area contributed by atoms with Crippen molar-refractivity contribution >= 4 is 23.4 Å². The molecule has 0 spiro atoms. The minimum atomic E-state index is -0.107. The number of aliphatic hydroxyl groups excluding tert-OH is 1. The van der Waals surface area contributed by atoms with Gasteiger partial charge in [0, 0.05) is 40.1 Å². The van der Waals surface area contributed by atoms with Crippen molar-refractivity contribution in [3.8, 4) is 28.8 Å². The van der Waals surface area contributed by atoms with Gasteiger partial charge in [-0.25, -0.2) is 4.98 Å². The van der Waals surface area contributed by atoms with E-state index in [2.05, 4.69) is 4.98 Å². The molecule has 2 aromatic heterocycles. The summed E-state index contributed by atoms with van der Waals surface area (Å²) in [4.78, 5) is 14.1. The van der Waals surface area contributed by atoms with Gasteiger partial charge in [-0.2, -0.15) is 4.98 Å². The predicted octanol–water partition coefficient (Wildman–Crippen LogP) is 5.99. The van der Waals surface area contributed by atoms with Crippen LogP contribution >= 0.6 is 23.4 Å². The van der Waals surface area contributed by atoms with E-state index in [4.69, 9.17) is 31.0 Å². The predicted molar refractivity (Wildman–Crippen MR) is 133 cm³/mol. The largest absolute Gasteiger partial charge is 0.497 e. The van der Waals surface area contributed by atoms with Crippen LogP contribution in [0.1, 0.15) is 27.9 Å². The molecule has 0 saturated carbocycles. The number of benzene rings is 2. The quantitative estimate of drug-likeness (QED) is 0.231. The molecular formula is C26H22ClN3O3S. The van der Waals surface area contributed by atoms with Crippen LogP contribution in [0.25, 0.3) is 11.4 Å². The van der Waals surface area contributed by atoms with E-state index in [1.165, 1.54) is 0 Å². The number of hydrogen-bond acceptors (Lipinski definition) is 7. The zero-order chi connectivity index (χ0) is 23.7. The van der Waals surface area contributed by atoms with Crippen LogP contribution < -0.4 is 9.47 Å². The van der Waals surface area contributed by atoms with Crippen LogP contribution in [-0.4, -0.2) is 27.2 Å². The first-order valence-electron chi connectivity index (χ1n) is 10.7. The van der Waals surface area contributed by atoms with Crippen molar-refractivity contribution in [1.82, 2.24) is 15.0 Å². The third kappa shape index (κ3) is 4.46. The van der Waals surface area contributed by atoms with Crippen molar-refractivity contribution in [2.45, 2.75) is 30.7 Å². The Morgan fingerprint density at radius 3 is 2.71 bits per heavy atom. The van der Waals surface area contributed by atoms with E-state index in [9.17, 15) is 5.11 Å². The second kappa shape index (κ2) is 9.62. The molecule has 0 atom stereocenters. The van der Waals surface area contributed by atoms with Gasteiger partial charge in [-0.05, 0) is 36.8 Å². The summed E-state index contributed by atoms with van der Waals surface area (Å²) < 4.78 is 11.7. The maximum absolute atomic E-state index is 9.86. The molecule has 5 rings (SSSR count). The normalized spacial score (nSPS) is 12.0. The van der Waals surface area contributed by atoms with Gasteiger partial charge in [0.2, 0.25) is 5.88 Å². The van der Waals surface area contributed by atoms with Crippen LogP contribution in [0.5, 0.6) is 17.4 Å². The van der Waals surface area contributed by atoms with Crippen LogP contribution in [0.3, 0.4) is 0 Å². The fourth-order valence-electron chi connectivity index (χ4n) is 3.84. The number of methoxy groups -OCH3 is 1. The number of rotatable bonds is 6. The van der Waals surface area contributed by atoms with Crippen LogP contribution in [0.4, 0.5) is 0 Å². The number of nitrogens with zero attached hydrogens (tertiary/aromatic N) is 3. The Morgan fingerprint density at radius 2 is 1.94 bits per heavy atom. The SMILES string of the molecule is COc1cccc(-c2nc3c(c(SCc4ccc(Cl)cc4)n2)Cc2c(CO)cnc(C)c2O3)c1. The number of pyridine rings is 1. The Labute approximate surface area is 207 Å². The van der Waals surface area contributed by atoms with Crippen LogP contribution in [-0.2, 0) is 18.8 Å². The maximum Gasteiger partial charge on any atom is 0.227 e. The standard InChI is InChI=1S/C26H22ClN3O3S/c1-15-23-21(18(13-31)12-28-15)11-22-25(33-23)29-24(17-4-3-5-20(10-17)32-2)30-26(22)34-14-16-6-8-19(27)9-7-16/h3-10,12,31H,11,13-14H2,1-2H3. The number of thioether (sulfide) groups is 1. The smallest absolute Gasteiger partial charge is 0.227 e. The number of aromatic nitrogens is 3. The lowest BCUT2D eigenvalue weighted by Crippen LogP contribution is -2.13. The summed E-state index contributed by atoms with van der Waals surface area (Å²) in [6, 6.07) is 15.4. The third-order valence-electron chi connectivity index (χ3n) is 5.67. The molecule has 0 radical (unpaired) electrons. The first-order valence-corrected chi connectivity index (χ1v) is 12.1. The number of aliphatic hydroxyl groups is 1. The van der Waals surface area contributed by atoms with E-state index in [1.807, 2.05) is 55.5 Å². The number of halogens is 1. The highest BCUT2D eigenvalue weighted by atomic mass is 35.5.